The van der Waals surface area contributed by atoms with Crippen molar-refractivity contribution in [2.45, 2.75) is 37.1 Å². The van der Waals surface area contributed by atoms with Crippen LogP contribution < -0.4 is 5.32 Å². The molecule has 2 unspecified atom stereocenters. The molecular formula is C9H18BrNO. The SMILES string of the molecule is CCC(Br)CCNC1CCOC1. The van der Waals surface area contributed by atoms with Crippen LogP contribution in [0, 0.1) is 0 Å². The maximum absolute atomic E-state index is 5.27. The molecule has 12 heavy (non-hydrogen) atoms. The Morgan fingerprint density at radius 1 is 1.67 bits per heavy atom. The Bertz CT molecular complexity index is 115. The number of hydrogen-bond donors (Lipinski definition) is 1. The van der Waals surface area contributed by atoms with Gasteiger partial charge in [-0.15, -0.1) is 0 Å². The van der Waals surface area contributed by atoms with E-state index < -0.39 is 0 Å². The van der Waals surface area contributed by atoms with Gasteiger partial charge in [0.05, 0.1) is 6.61 Å². The Balaban J connectivity index is 1.94. The van der Waals surface area contributed by atoms with Crippen LogP contribution in [0.5, 0.6) is 0 Å². The van der Waals surface area contributed by atoms with E-state index in [1.54, 1.807) is 0 Å². The van der Waals surface area contributed by atoms with Gasteiger partial charge in [0.2, 0.25) is 0 Å². The third kappa shape index (κ3) is 3.87. The zero-order chi connectivity index (χ0) is 8.81. The van der Waals surface area contributed by atoms with E-state index in [1.165, 1.54) is 19.3 Å². The lowest BCUT2D eigenvalue weighted by molar-refractivity contribution is 0.190. The highest BCUT2D eigenvalue weighted by Crippen LogP contribution is 2.09. The fourth-order valence-corrected chi connectivity index (χ4v) is 1.57. The molecule has 2 nitrogen and oxygen atoms in total. The van der Waals surface area contributed by atoms with Crippen LogP contribution in [-0.4, -0.2) is 30.6 Å². The summed E-state index contributed by atoms with van der Waals surface area (Å²) < 4.78 is 5.27. The average molecular weight is 236 g/mol. The summed E-state index contributed by atoms with van der Waals surface area (Å²) >= 11 is 3.62. The van der Waals surface area contributed by atoms with E-state index in [4.69, 9.17) is 4.74 Å². The third-order valence-corrected chi connectivity index (χ3v) is 3.37. The lowest BCUT2D eigenvalue weighted by Gasteiger charge is -2.11. The van der Waals surface area contributed by atoms with Gasteiger partial charge in [-0.3, -0.25) is 0 Å². The fraction of sp³-hybridized carbons (Fsp3) is 1.00. The molecule has 0 radical (unpaired) electrons. The highest BCUT2D eigenvalue weighted by atomic mass is 79.9. The van der Waals surface area contributed by atoms with Crippen molar-refractivity contribution in [3.8, 4) is 0 Å². The van der Waals surface area contributed by atoms with E-state index in [0.29, 0.717) is 10.9 Å². The summed E-state index contributed by atoms with van der Waals surface area (Å²) in [5, 5.41) is 3.49. The van der Waals surface area contributed by atoms with Gasteiger partial charge in [0.1, 0.15) is 0 Å². The van der Waals surface area contributed by atoms with Crippen LogP contribution in [0.2, 0.25) is 0 Å². The fourth-order valence-electron chi connectivity index (χ4n) is 1.34. The molecule has 0 bridgehead atoms. The molecule has 0 amide bonds. The largest absolute Gasteiger partial charge is 0.380 e. The molecule has 1 N–H and O–H groups in total. The highest BCUT2D eigenvalue weighted by Gasteiger charge is 2.14. The Hall–Kier alpha value is 0.400. The highest BCUT2D eigenvalue weighted by molar-refractivity contribution is 9.09. The maximum atomic E-state index is 5.27. The number of ether oxygens (including phenoxy) is 1. The molecule has 3 heteroatoms. The van der Waals surface area contributed by atoms with Crippen molar-refractivity contribution in [3.05, 3.63) is 0 Å². The molecule has 1 aliphatic heterocycles. The summed E-state index contributed by atoms with van der Waals surface area (Å²) in [6.45, 7) is 5.15. The summed E-state index contributed by atoms with van der Waals surface area (Å²) in [6.07, 6.45) is 3.61. The molecule has 1 fully saturated rings. The zero-order valence-electron chi connectivity index (χ0n) is 7.68. The first kappa shape index (κ1) is 10.5. The topological polar surface area (TPSA) is 21.3 Å². The number of hydrogen-bond acceptors (Lipinski definition) is 2. The van der Waals surface area contributed by atoms with Crippen LogP contribution in [0.25, 0.3) is 0 Å². The van der Waals surface area contributed by atoms with E-state index in [2.05, 4.69) is 28.2 Å². The van der Waals surface area contributed by atoms with Crippen molar-refractivity contribution in [3.63, 3.8) is 0 Å². The van der Waals surface area contributed by atoms with Crippen molar-refractivity contribution in [1.82, 2.24) is 5.32 Å². The van der Waals surface area contributed by atoms with Gasteiger partial charge in [-0.2, -0.15) is 0 Å². The minimum atomic E-state index is 0.613. The van der Waals surface area contributed by atoms with E-state index in [-0.39, 0.29) is 0 Å². The molecule has 72 valence electrons. The predicted molar refractivity (Wildman–Crippen MR) is 54.8 cm³/mol. The van der Waals surface area contributed by atoms with Crippen LogP contribution in [0.1, 0.15) is 26.2 Å². The first-order valence-corrected chi connectivity index (χ1v) is 5.69. The quantitative estimate of drug-likeness (QED) is 0.736. The van der Waals surface area contributed by atoms with E-state index in [1.807, 2.05) is 0 Å². The number of nitrogens with one attached hydrogen (secondary N) is 1. The monoisotopic (exact) mass is 235 g/mol. The number of halogens is 1. The Morgan fingerprint density at radius 2 is 2.50 bits per heavy atom. The molecule has 0 saturated carbocycles. The van der Waals surface area contributed by atoms with Gasteiger partial charge in [-0.05, 0) is 25.8 Å². The van der Waals surface area contributed by atoms with Gasteiger partial charge in [0.25, 0.3) is 0 Å². The van der Waals surface area contributed by atoms with Gasteiger partial charge in [0, 0.05) is 17.5 Å². The Labute approximate surface area is 83.2 Å². The minimum absolute atomic E-state index is 0.613. The van der Waals surface area contributed by atoms with Gasteiger partial charge in [-0.1, -0.05) is 22.9 Å². The molecule has 1 rings (SSSR count). The summed E-state index contributed by atoms with van der Waals surface area (Å²) in [5.41, 5.74) is 0. The standard InChI is InChI=1S/C9H18BrNO/c1-2-8(10)3-5-11-9-4-6-12-7-9/h8-9,11H,2-7H2,1H3. The van der Waals surface area contributed by atoms with Crippen molar-refractivity contribution >= 4 is 15.9 Å². The number of rotatable bonds is 5. The van der Waals surface area contributed by atoms with Gasteiger partial charge < -0.3 is 10.1 Å². The summed E-state index contributed by atoms with van der Waals surface area (Å²) in [5.74, 6) is 0. The third-order valence-electron chi connectivity index (χ3n) is 2.26. The second kappa shape index (κ2) is 5.95. The Morgan fingerprint density at radius 3 is 3.08 bits per heavy atom. The van der Waals surface area contributed by atoms with Gasteiger partial charge in [0.15, 0.2) is 0 Å². The molecule has 1 heterocycles. The molecule has 2 atom stereocenters. The van der Waals surface area contributed by atoms with Crippen LogP contribution in [0.3, 0.4) is 0 Å². The minimum Gasteiger partial charge on any atom is -0.380 e. The lowest BCUT2D eigenvalue weighted by atomic mass is 10.2. The van der Waals surface area contributed by atoms with Crippen LogP contribution in [-0.2, 0) is 4.74 Å². The molecule has 1 saturated heterocycles. The first-order chi connectivity index (χ1) is 5.83. The zero-order valence-corrected chi connectivity index (χ0v) is 9.27. The maximum Gasteiger partial charge on any atom is 0.0620 e. The normalized spacial score (nSPS) is 26.0. The summed E-state index contributed by atoms with van der Waals surface area (Å²) in [4.78, 5) is 0.673. The van der Waals surface area contributed by atoms with E-state index in [9.17, 15) is 0 Å². The molecule has 0 aliphatic carbocycles. The lowest BCUT2D eigenvalue weighted by Crippen LogP contribution is -2.31. The first-order valence-electron chi connectivity index (χ1n) is 4.78. The number of alkyl halides is 1. The molecule has 0 aromatic rings. The molecule has 0 aromatic carbocycles. The van der Waals surface area contributed by atoms with E-state index >= 15 is 0 Å². The molecule has 0 aromatic heterocycles. The van der Waals surface area contributed by atoms with Crippen molar-refractivity contribution in [1.29, 1.82) is 0 Å². The smallest absolute Gasteiger partial charge is 0.0620 e. The summed E-state index contributed by atoms with van der Waals surface area (Å²) in [7, 11) is 0. The Kier molecular flexibility index (Phi) is 5.19. The van der Waals surface area contributed by atoms with Crippen molar-refractivity contribution in [2.24, 2.45) is 0 Å². The van der Waals surface area contributed by atoms with Crippen LogP contribution in [0.4, 0.5) is 0 Å². The molecular weight excluding hydrogens is 218 g/mol. The van der Waals surface area contributed by atoms with Crippen molar-refractivity contribution < 1.29 is 4.74 Å². The van der Waals surface area contributed by atoms with Crippen LogP contribution in [0.15, 0.2) is 0 Å². The predicted octanol–water partition coefficient (Wildman–Crippen LogP) is 1.93. The van der Waals surface area contributed by atoms with Crippen LogP contribution >= 0.6 is 15.9 Å². The summed E-state index contributed by atoms with van der Waals surface area (Å²) in [6, 6.07) is 0.613. The second-order valence-corrected chi connectivity index (χ2v) is 4.60. The molecule has 0 spiro atoms. The van der Waals surface area contributed by atoms with Crippen molar-refractivity contribution in [2.75, 3.05) is 19.8 Å². The van der Waals surface area contributed by atoms with E-state index in [0.717, 1.165) is 19.8 Å². The average Bonchev–Trinajstić information content (AvgIpc) is 2.57. The molecule has 1 aliphatic rings. The van der Waals surface area contributed by atoms with Gasteiger partial charge in [-0.25, -0.2) is 0 Å². The van der Waals surface area contributed by atoms with Gasteiger partial charge >= 0.3 is 0 Å². The second-order valence-electron chi connectivity index (χ2n) is 3.31.